The van der Waals surface area contributed by atoms with Gasteiger partial charge in [-0.25, -0.2) is 4.79 Å². The first-order valence-electron chi connectivity index (χ1n) is 7.01. The number of amides is 1. The van der Waals surface area contributed by atoms with Crippen LogP contribution in [0.2, 0.25) is 0 Å². The van der Waals surface area contributed by atoms with E-state index < -0.39 is 0 Å². The lowest BCUT2D eigenvalue weighted by atomic mass is 9.97. The molecular weight excluding hydrogens is 258 g/mol. The van der Waals surface area contributed by atoms with Crippen LogP contribution in [0.4, 0.5) is 4.79 Å². The maximum Gasteiger partial charge on any atom is 0.407 e. The van der Waals surface area contributed by atoms with Gasteiger partial charge in [-0.2, -0.15) is 0 Å². The van der Waals surface area contributed by atoms with Gasteiger partial charge in [0, 0.05) is 6.54 Å². The van der Waals surface area contributed by atoms with E-state index in [0.29, 0.717) is 32.3 Å². The Morgan fingerprint density at radius 3 is 2.85 bits per heavy atom. The summed E-state index contributed by atoms with van der Waals surface area (Å²) in [5, 5.41) is 2.73. The van der Waals surface area contributed by atoms with Crippen molar-refractivity contribution in [3.8, 4) is 11.5 Å². The number of hydrogen-bond acceptors (Lipinski definition) is 4. The predicted molar refractivity (Wildman–Crippen MR) is 75.5 cm³/mol. The highest BCUT2D eigenvalue weighted by molar-refractivity contribution is 5.66. The molecule has 0 radical (unpaired) electrons. The van der Waals surface area contributed by atoms with Crippen LogP contribution >= 0.6 is 0 Å². The van der Waals surface area contributed by atoms with Gasteiger partial charge in [0.1, 0.15) is 13.2 Å². The normalized spacial score (nSPS) is 14.5. The topological polar surface area (TPSA) is 56.8 Å². The molecular formula is C15H21NO4. The summed E-state index contributed by atoms with van der Waals surface area (Å²) < 4.78 is 15.9. The molecule has 20 heavy (non-hydrogen) atoms. The molecule has 1 aromatic carbocycles. The molecule has 1 unspecified atom stereocenters. The van der Waals surface area contributed by atoms with Crippen LogP contribution in [0.3, 0.4) is 0 Å². The molecule has 0 aliphatic carbocycles. The summed E-state index contributed by atoms with van der Waals surface area (Å²) in [5.41, 5.74) is 1.18. The fraction of sp³-hybridized carbons (Fsp3) is 0.533. The zero-order chi connectivity index (χ0) is 14.4. The molecule has 5 nitrogen and oxygen atoms in total. The molecule has 0 saturated carbocycles. The Morgan fingerprint density at radius 2 is 2.10 bits per heavy atom. The Labute approximate surface area is 119 Å². The SMILES string of the molecule is CCOC(=O)NCCC(C)c1ccc2c(c1)OCCO2. The summed E-state index contributed by atoms with van der Waals surface area (Å²) in [6.07, 6.45) is 0.486. The molecule has 0 saturated heterocycles. The second-order valence-electron chi connectivity index (χ2n) is 4.74. The van der Waals surface area contributed by atoms with E-state index >= 15 is 0 Å². The van der Waals surface area contributed by atoms with Gasteiger partial charge in [0.25, 0.3) is 0 Å². The number of carbonyl (C=O) groups excluding carboxylic acids is 1. The van der Waals surface area contributed by atoms with Gasteiger partial charge < -0.3 is 19.5 Å². The highest BCUT2D eigenvalue weighted by atomic mass is 16.6. The van der Waals surface area contributed by atoms with Gasteiger partial charge in [0.15, 0.2) is 11.5 Å². The van der Waals surface area contributed by atoms with Crippen molar-refractivity contribution in [3.05, 3.63) is 23.8 Å². The molecule has 0 fully saturated rings. The van der Waals surface area contributed by atoms with Crippen molar-refractivity contribution >= 4 is 6.09 Å². The summed E-state index contributed by atoms with van der Waals surface area (Å²) >= 11 is 0. The minimum Gasteiger partial charge on any atom is -0.486 e. The van der Waals surface area contributed by atoms with Crippen molar-refractivity contribution in [2.75, 3.05) is 26.4 Å². The van der Waals surface area contributed by atoms with Gasteiger partial charge in [0.2, 0.25) is 0 Å². The molecule has 1 N–H and O–H groups in total. The standard InChI is InChI=1S/C15H21NO4/c1-3-18-15(17)16-7-6-11(2)12-4-5-13-14(10-12)20-9-8-19-13/h4-5,10-11H,3,6-9H2,1-2H3,(H,16,17). The van der Waals surface area contributed by atoms with Gasteiger partial charge in [0.05, 0.1) is 6.61 Å². The summed E-state index contributed by atoms with van der Waals surface area (Å²) in [4.78, 5) is 11.2. The number of alkyl carbamates (subject to hydrolysis) is 1. The van der Waals surface area contributed by atoms with E-state index in [0.717, 1.165) is 17.9 Å². The number of benzene rings is 1. The van der Waals surface area contributed by atoms with E-state index in [2.05, 4.69) is 12.2 Å². The van der Waals surface area contributed by atoms with Crippen LogP contribution < -0.4 is 14.8 Å². The largest absolute Gasteiger partial charge is 0.486 e. The molecule has 1 atom stereocenters. The Balaban J connectivity index is 1.86. The Kier molecular flexibility index (Phi) is 5.09. The number of rotatable bonds is 5. The fourth-order valence-corrected chi connectivity index (χ4v) is 2.11. The van der Waals surface area contributed by atoms with Gasteiger partial charge in [-0.05, 0) is 37.0 Å². The van der Waals surface area contributed by atoms with Crippen molar-refractivity contribution in [3.63, 3.8) is 0 Å². The van der Waals surface area contributed by atoms with E-state index in [1.165, 1.54) is 5.56 Å². The van der Waals surface area contributed by atoms with Gasteiger partial charge >= 0.3 is 6.09 Å². The van der Waals surface area contributed by atoms with E-state index in [9.17, 15) is 4.79 Å². The zero-order valence-electron chi connectivity index (χ0n) is 12.0. The smallest absolute Gasteiger partial charge is 0.407 e. The minimum absolute atomic E-state index is 0.327. The minimum atomic E-state index is -0.359. The number of fused-ring (bicyclic) bond motifs is 1. The van der Waals surface area contributed by atoms with Crippen LogP contribution in [0.15, 0.2) is 18.2 Å². The van der Waals surface area contributed by atoms with Gasteiger partial charge in [-0.1, -0.05) is 13.0 Å². The molecule has 1 heterocycles. The molecule has 0 aromatic heterocycles. The monoisotopic (exact) mass is 279 g/mol. The highest BCUT2D eigenvalue weighted by Gasteiger charge is 2.14. The first-order chi connectivity index (χ1) is 9.70. The van der Waals surface area contributed by atoms with Crippen LogP contribution in [-0.2, 0) is 4.74 Å². The fourth-order valence-electron chi connectivity index (χ4n) is 2.11. The maximum atomic E-state index is 11.2. The first-order valence-corrected chi connectivity index (χ1v) is 7.01. The van der Waals surface area contributed by atoms with Crippen molar-refractivity contribution in [2.45, 2.75) is 26.2 Å². The lowest BCUT2D eigenvalue weighted by molar-refractivity contribution is 0.152. The van der Waals surface area contributed by atoms with Gasteiger partial charge in [-0.15, -0.1) is 0 Å². The molecule has 1 aromatic rings. The van der Waals surface area contributed by atoms with Crippen molar-refractivity contribution in [1.29, 1.82) is 0 Å². The van der Waals surface area contributed by atoms with Crippen LogP contribution in [0.5, 0.6) is 11.5 Å². The number of carbonyl (C=O) groups is 1. The average molecular weight is 279 g/mol. The molecule has 5 heteroatoms. The maximum absolute atomic E-state index is 11.2. The third kappa shape index (κ3) is 3.79. The van der Waals surface area contributed by atoms with Crippen LogP contribution in [-0.4, -0.2) is 32.5 Å². The van der Waals surface area contributed by atoms with E-state index in [-0.39, 0.29) is 6.09 Å². The zero-order valence-corrected chi connectivity index (χ0v) is 12.0. The van der Waals surface area contributed by atoms with Crippen molar-refractivity contribution in [1.82, 2.24) is 5.32 Å². The van der Waals surface area contributed by atoms with Crippen molar-refractivity contribution in [2.24, 2.45) is 0 Å². The third-order valence-electron chi connectivity index (χ3n) is 3.26. The molecule has 110 valence electrons. The quantitative estimate of drug-likeness (QED) is 0.900. The Morgan fingerprint density at radius 1 is 1.35 bits per heavy atom. The predicted octanol–water partition coefficient (Wildman–Crippen LogP) is 2.70. The Hall–Kier alpha value is -1.91. The van der Waals surface area contributed by atoms with E-state index in [1.807, 2.05) is 18.2 Å². The lowest BCUT2D eigenvalue weighted by Gasteiger charge is -2.20. The number of hydrogen-bond donors (Lipinski definition) is 1. The van der Waals surface area contributed by atoms with E-state index in [1.54, 1.807) is 6.92 Å². The molecule has 0 bridgehead atoms. The Bertz CT molecular complexity index is 461. The summed E-state index contributed by atoms with van der Waals surface area (Å²) in [6.45, 7) is 6.09. The molecule has 2 rings (SSSR count). The molecule has 1 aliphatic heterocycles. The molecule has 1 aliphatic rings. The molecule has 0 spiro atoms. The van der Waals surface area contributed by atoms with Crippen LogP contribution in [0.25, 0.3) is 0 Å². The van der Waals surface area contributed by atoms with Crippen LogP contribution in [0.1, 0.15) is 31.7 Å². The van der Waals surface area contributed by atoms with Crippen LogP contribution in [0, 0.1) is 0 Å². The first kappa shape index (κ1) is 14.5. The molecule has 1 amide bonds. The summed E-state index contributed by atoms with van der Waals surface area (Å²) in [7, 11) is 0. The van der Waals surface area contributed by atoms with E-state index in [4.69, 9.17) is 14.2 Å². The average Bonchev–Trinajstić information content (AvgIpc) is 2.47. The number of nitrogens with one attached hydrogen (secondary N) is 1. The highest BCUT2D eigenvalue weighted by Crippen LogP contribution is 2.33. The third-order valence-corrected chi connectivity index (χ3v) is 3.26. The van der Waals surface area contributed by atoms with Crippen molar-refractivity contribution < 1.29 is 19.0 Å². The number of ether oxygens (including phenoxy) is 3. The van der Waals surface area contributed by atoms with Gasteiger partial charge in [-0.3, -0.25) is 0 Å². The lowest BCUT2D eigenvalue weighted by Crippen LogP contribution is -2.26. The summed E-state index contributed by atoms with van der Waals surface area (Å²) in [5.74, 6) is 1.93. The second kappa shape index (κ2) is 7.03. The summed E-state index contributed by atoms with van der Waals surface area (Å²) in [6, 6.07) is 6.01. The second-order valence-corrected chi connectivity index (χ2v) is 4.74.